The molecule has 0 spiro atoms. The average Bonchev–Trinajstić information content (AvgIpc) is 2.72. The summed E-state index contributed by atoms with van der Waals surface area (Å²) in [5.41, 5.74) is 3.03. The van der Waals surface area contributed by atoms with Gasteiger partial charge < -0.3 is 15.4 Å². The van der Waals surface area contributed by atoms with E-state index in [1.807, 2.05) is 13.8 Å². The van der Waals surface area contributed by atoms with E-state index in [1.54, 1.807) is 43.1 Å². The second-order valence-electron chi connectivity index (χ2n) is 7.25. The van der Waals surface area contributed by atoms with Crippen molar-refractivity contribution in [2.45, 2.75) is 32.6 Å². The molecule has 0 saturated carbocycles. The van der Waals surface area contributed by atoms with Crippen molar-refractivity contribution in [1.29, 1.82) is 0 Å². The molecule has 0 aromatic heterocycles. The second kappa shape index (κ2) is 11.5. The molecule has 1 atom stereocenters. The fourth-order valence-electron chi connectivity index (χ4n) is 2.73. The van der Waals surface area contributed by atoms with E-state index in [1.165, 1.54) is 11.1 Å². The van der Waals surface area contributed by atoms with E-state index in [0.717, 1.165) is 11.5 Å². The van der Waals surface area contributed by atoms with Crippen LogP contribution in [0.15, 0.2) is 48.5 Å². The number of benzene rings is 2. The van der Waals surface area contributed by atoms with Gasteiger partial charge in [-0.1, -0.05) is 43.7 Å². The summed E-state index contributed by atoms with van der Waals surface area (Å²) in [6.07, 6.45) is 0. The van der Waals surface area contributed by atoms with Crippen molar-refractivity contribution < 1.29 is 14.3 Å². The maximum absolute atomic E-state index is 12.6. The minimum Gasteiger partial charge on any atom is -0.497 e. The van der Waals surface area contributed by atoms with E-state index < -0.39 is 6.04 Å². The van der Waals surface area contributed by atoms with Crippen LogP contribution in [-0.4, -0.2) is 37.3 Å². The Kier molecular flexibility index (Phi) is 9.06. The van der Waals surface area contributed by atoms with Gasteiger partial charge in [0.1, 0.15) is 11.8 Å². The first-order chi connectivity index (χ1) is 13.9. The molecule has 0 saturated heterocycles. The van der Waals surface area contributed by atoms with Crippen LogP contribution in [0.2, 0.25) is 0 Å². The molecule has 5 nitrogen and oxygen atoms in total. The Morgan fingerprint density at radius 2 is 1.69 bits per heavy atom. The van der Waals surface area contributed by atoms with Crippen molar-refractivity contribution in [2.75, 3.05) is 19.4 Å². The summed E-state index contributed by atoms with van der Waals surface area (Å²) in [4.78, 5) is 25.1. The van der Waals surface area contributed by atoms with E-state index in [9.17, 15) is 9.59 Å². The minimum atomic E-state index is -0.577. The van der Waals surface area contributed by atoms with Gasteiger partial charge in [0.15, 0.2) is 0 Å². The van der Waals surface area contributed by atoms with Crippen molar-refractivity contribution in [3.05, 3.63) is 65.2 Å². The van der Waals surface area contributed by atoms with Crippen LogP contribution in [0.25, 0.3) is 0 Å². The molecule has 6 heteroatoms. The Labute approximate surface area is 177 Å². The fraction of sp³-hybridized carbons (Fsp3) is 0.391. The summed E-state index contributed by atoms with van der Waals surface area (Å²) in [5, 5.41) is 5.78. The molecule has 0 aliphatic rings. The first kappa shape index (κ1) is 22.8. The number of carbonyl (C=O) groups is 2. The lowest BCUT2D eigenvalue weighted by Gasteiger charge is -2.21. The molecular weight excluding hydrogens is 384 g/mol. The molecule has 29 heavy (non-hydrogen) atoms. The lowest BCUT2D eigenvalue weighted by atomic mass is 10.0. The number of hydrogen-bond donors (Lipinski definition) is 2. The molecule has 2 N–H and O–H groups in total. The molecule has 2 aromatic carbocycles. The molecule has 0 bridgehead atoms. The zero-order valence-corrected chi connectivity index (χ0v) is 18.3. The van der Waals surface area contributed by atoms with Crippen LogP contribution in [0.5, 0.6) is 5.75 Å². The summed E-state index contributed by atoms with van der Waals surface area (Å²) in [7, 11) is 1.58. The van der Waals surface area contributed by atoms with E-state index >= 15 is 0 Å². The van der Waals surface area contributed by atoms with Gasteiger partial charge in [-0.3, -0.25) is 9.59 Å². The molecular formula is C23H30N2O3S. The number of carbonyl (C=O) groups excluding carboxylic acids is 2. The Morgan fingerprint density at radius 3 is 2.28 bits per heavy atom. The van der Waals surface area contributed by atoms with Crippen LogP contribution in [0.3, 0.4) is 0 Å². The molecule has 0 heterocycles. The lowest BCUT2D eigenvalue weighted by molar-refractivity contribution is -0.123. The van der Waals surface area contributed by atoms with Gasteiger partial charge in [0.25, 0.3) is 5.91 Å². The number of aryl methyl sites for hydroxylation is 1. The molecule has 2 aromatic rings. The molecule has 0 aliphatic heterocycles. The normalized spacial score (nSPS) is 11.8. The van der Waals surface area contributed by atoms with E-state index in [2.05, 4.69) is 41.8 Å². The highest BCUT2D eigenvalue weighted by Crippen LogP contribution is 2.13. The largest absolute Gasteiger partial charge is 0.497 e. The van der Waals surface area contributed by atoms with E-state index in [-0.39, 0.29) is 17.7 Å². The molecule has 2 amide bonds. The predicted octanol–water partition coefficient (Wildman–Crippen LogP) is 3.81. The monoisotopic (exact) mass is 414 g/mol. The van der Waals surface area contributed by atoms with Gasteiger partial charge >= 0.3 is 0 Å². The standard InChI is InChI=1S/C23H30N2O3S/c1-16(2)21(25-22(26)19-9-11-20(28-4)12-10-19)23(27)24-13-14-29-15-18-7-5-17(3)6-8-18/h5-12,16,21H,13-15H2,1-4H3,(H,24,27)(H,25,26). The summed E-state index contributed by atoms with van der Waals surface area (Å²) in [6, 6.07) is 14.7. The van der Waals surface area contributed by atoms with Crippen LogP contribution < -0.4 is 15.4 Å². The predicted molar refractivity (Wildman–Crippen MR) is 119 cm³/mol. The van der Waals surface area contributed by atoms with Crippen LogP contribution in [0.1, 0.15) is 35.3 Å². The number of methoxy groups -OCH3 is 1. The second-order valence-corrected chi connectivity index (χ2v) is 8.36. The van der Waals surface area contributed by atoms with Crippen LogP contribution in [0, 0.1) is 12.8 Å². The average molecular weight is 415 g/mol. The SMILES string of the molecule is COc1ccc(C(=O)NC(C(=O)NCCSCc2ccc(C)cc2)C(C)C)cc1. The molecule has 156 valence electrons. The molecule has 0 fully saturated rings. The zero-order chi connectivity index (χ0) is 21.2. The number of nitrogens with one attached hydrogen (secondary N) is 2. The van der Waals surface area contributed by atoms with Crippen molar-refractivity contribution in [1.82, 2.24) is 10.6 Å². The minimum absolute atomic E-state index is 0.0163. The zero-order valence-electron chi connectivity index (χ0n) is 17.5. The van der Waals surface area contributed by atoms with Gasteiger partial charge in [0, 0.05) is 23.6 Å². The van der Waals surface area contributed by atoms with Crippen molar-refractivity contribution in [2.24, 2.45) is 5.92 Å². The first-order valence-electron chi connectivity index (χ1n) is 9.76. The van der Waals surface area contributed by atoms with Gasteiger partial charge in [0.2, 0.25) is 5.91 Å². The topological polar surface area (TPSA) is 67.4 Å². The quantitative estimate of drug-likeness (QED) is 0.580. The highest BCUT2D eigenvalue weighted by Gasteiger charge is 2.24. The van der Waals surface area contributed by atoms with Crippen LogP contribution in [0.4, 0.5) is 0 Å². The Balaban J connectivity index is 1.78. The van der Waals surface area contributed by atoms with Crippen molar-refractivity contribution in [3.63, 3.8) is 0 Å². The third-order valence-corrected chi connectivity index (χ3v) is 5.55. The number of thioether (sulfide) groups is 1. The fourth-order valence-corrected chi connectivity index (χ4v) is 3.55. The van der Waals surface area contributed by atoms with Crippen LogP contribution in [-0.2, 0) is 10.5 Å². The highest BCUT2D eigenvalue weighted by molar-refractivity contribution is 7.98. The number of hydrogen-bond acceptors (Lipinski definition) is 4. The van der Waals surface area contributed by atoms with E-state index in [4.69, 9.17) is 4.74 Å². The highest BCUT2D eigenvalue weighted by atomic mass is 32.2. The maximum Gasteiger partial charge on any atom is 0.251 e. The smallest absolute Gasteiger partial charge is 0.251 e. The van der Waals surface area contributed by atoms with Gasteiger partial charge in [-0.25, -0.2) is 0 Å². The number of ether oxygens (including phenoxy) is 1. The third kappa shape index (κ3) is 7.46. The third-order valence-electron chi connectivity index (χ3n) is 4.52. The van der Waals surface area contributed by atoms with Crippen LogP contribution >= 0.6 is 11.8 Å². The Morgan fingerprint density at radius 1 is 1.03 bits per heavy atom. The lowest BCUT2D eigenvalue weighted by Crippen LogP contribution is -2.50. The summed E-state index contributed by atoms with van der Waals surface area (Å²) in [5.74, 6) is 1.97. The van der Waals surface area contributed by atoms with Gasteiger partial charge in [-0.2, -0.15) is 11.8 Å². The van der Waals surface area contributed by atoms with Gasteiger partial charge in [-0.05, 0) is 42.7 Å². The van der Waals surface area contributed by atoms with Crippen molar-refractivity contribution >= 4 is 23.6 Å². The molecule has 1 unspecified atom stereocenters. The molecule has 2 rings (SSSR count). The van der Waals surface area contributed by atoms with E-state index in [0.29, 0.717) is 17.9 Å². The molecule has 0 aliphatic carbocycles. The molecule has 0 radical (unpaired) electrons. The Hall–Kier alpha value is -2.47. The van der Waals surface area contributed by atoms with Gasteiger partial charge in [-0.15, -0.1) is 0 Å². The summed E-state index contributed by atoms with van der Waals surface area (Å²) in [6.45, 7) is 6.48. The first-order valence-corrected chi connectivity index (χ1v) is 10.9. The van der Waals surface area contributed by atoms with Gasteiger partial charge in [0.05, 0.1) is 7.11 Å². The van der Waals surface area contributed by atoms with Crippen molar-refractivity contribution in [3.8, 4) is 5.75 Å². The summed E-state index contributed by atoms with van der Waals surface area (Å²) >= 11 is 1.77. The number of amides is 2. The number of rotatable bonds is 10. The maximum atomic E-state index is 12.6. The Bertz CT molecular complexity index is 789. The summed E-state index contributed by atoms with van der Waals surface area (Å²) < 4.78 is 5.11.